The third-order valence-electron chi connectivity index (χ3n) is 4.96. The number of esters is 1. The summed E-state index contributed by atoms with van der Waals surface area (Å²) < 4.78 is 11.5. The van der Waals surface area contributed by atoms with Crippen molar-refractivity contribution in [2.45, 2.75) is 77.9 Å². The summed E-state index contributed by atoms with van der Waals surface area (Å²) in [6.07, 6.45) is 3.74. The van der Waals surface area contributed by atoms with Gasteiger partial charge in [0.05, 0.1) is 6.61 Å². The lowest BCUT2D eigenvalue weighted by molar-refractivity contribution is -0.137. The van der Waals surface area contributed by atoms with Crippen LogP contribution in [0.5, 0.6) is 0 Å². The topological polar surface area (TPSA) is 35.5 Å². The lowest BCUT2D eigenvalue weighted by Gasteiger charge is -2.42. The fourth-order valence-corrected chi connectivity index (χ4v) is 9.37. The van der Waals surface area contributed by atoms with E-state index in [-0.39, 0.29) is 5.97 Å². The van der Waals surface area contributed by atoms with Crippen LogP contribution in [0.2, 0.25) is 16.6 Å². The Morgan fingerprint density at radius 3 is 2.18 bits per heavy atom. The van der Waals surface area contributed by atoms with E-state index < -0.39 is 8.32 Å². The molecule has 1 aliphatic carbocycles. The van der Waals surface area contributed by atoms with E-state index in [0.29, 0.717) is 29.1 Å². The molecular formula is C18H34O3Si. The molecule has 1 atom stereocenters. The zero-order valence-corrected chi connectivity index (χ0v) is 16.4. The van der Waals surface area contributed by atoms with Gasteiger partial charge in [0.15, 0.2) is 8.32 Å². The number of ether oxygens (including phenoxy) is 1. The normalized spacial score (nSPS) is 20.3. The van der Waals surface area contributed by atoms with Gasteiger partial charge in [0.25, 0.3) is 0 Å². The first-order valence-electron chi connectivity index (χ1n) is 8.76. The molecule has 0 radical (unpaired) electrons. The molecule has 1 saturated carbocycles. The van der Waals surface area contributed by atoms with Gasteiger partial charge in [-0.25, -0.2) is 4.79 Å². The molecule has 0 N–H and O–H groups in total. The first kappa shape index (κ1) is 19.4. The summed E-state index contributed by atoms with van der Waals surface area (Å²) in [7, 11) is -1.74. The van der Waals surface area contributed by atoms with Crippen molar-refractivity contribution in [3.05, 3.63) is 11.6 Å². The van der Waals surface area contributed by atoms with E-state index in [1.165, 1.54) is 5.57 Å². The van der Waals surface area contributed by atoms with Crippen LogP contribution in [0.3, 0.4) is 0 Å². The van der Waals surface area contributed by atoms with Crippen molar-refractivity contribution in [1.82, 2.24) is 0 Å². The van der Waals surface area contributed by atoms with E-state index in [4.69, 9.17) is 9.16 Å². The molecule has 0 saturated heterocycles. The minimum Gasteiger partial charge on any atom is -0.463 e. The molecule has 1 aliphatic rings. The van der Waals surface area contributed by atoms with Gasteiger partial charge in [-0.3, -0.25) is 0 Å². The van der Waals surface area contributed by atoms with Crippen LogP contribution in [-0.4, -0.2) is 27.5 Å². The minimum absolute atomic E-state index is 0.198. The van der Waals surface area contributed by atoms with Crippen molar-refractivity contribution in [2.75, 3.05) is 13.2 Å². The van der Waals surface area contributed by atoms with Crippen LogP contribution in [-0.2, 0) is 14.0 Å². The Morgan fingerprint density at radius 2 is 1.73 bits per heavy atom. The van der Waals surface area contributed by atoms with Gasteiger partial charge >= 0.3 is 5.97 Å². The zero-order valence-electron chi connectivity index (χ0n) is 15.4. The van der Waals surface area contributed by atoms with Crippen molar-refractivity contribution in [3.8, 4) is 0 Å². The highest BCUT2D eigenvalue weighted by atomic mass is 28.4. The zero-order chi connectivity index (χ0) is 16.9. The average Bonchev–Trinajstić information content (AvgIpc) is 3.11. The number of carbonyl (C=O) groups excluding carboxylic acids is 1. The molecule has 3 nitrogen and oxygen atoms in total. The maximum Gasteiger partial charge on any atom is 0.330 e. The minimum atomic E-state index is -1.74. The summed E-state index contributed by atoms with van der Waals surface area (Å²) in [5.41, 5.74) is 3.11. The van der Waals surface area contributed by atoms with E-state index in [1.807, 2.05) is 6.92 Å². The highest BCUT2D eigenvalue weighted by molar-refractivity contribution is 6.77. The molecule has 0 bridgehead atoms. The molecule has 0 amide bonds. The van der Waals surface area contributed by atoms with Gasteiger partial charge < -0.3 is 9.16 Å². The van der Waals surface area contributed by atoms with Crippen LogP contribution in [0.15, 0.2) is 11.6 Å². The fourth-order valence-electron chi connectivity index (χ4n) is 3.90. The Labute approximate surface area is 137 Å². The second-order valence-electron chi connectivity index (χ2n) is 7.33. The lowest BCUT2D eigenvalue weighted by Crippen LogP contribution is -2.48. The van der Waals surface area contributed by atoms with E-state index in [1.54, 1.807) is 6.08 Å². The summed E-state index contributed by atoms with van der Waals surface area (Å²) in [4.78, 5) is 11.4. The number of carbonyl (C=O) groups is 1. The van der Waals surface area contributed by atoms with Crippen LogP contribution in [0.25, 0.3) is 0 Å². The first-order valence-corrected chi connectivity index (χ1v) is 10.9. The van der Waals surface area contributed by atoms with Crippen molar-refractivity contribution in [2.24, 2.45) is 5.92 Å². The Kier molecular flexibility index (Phi) is 7.33. The molecule has 0 heterocycles. The third-order valence-corrected chi connectivity index (χ3v) is 11.1. The average molecular weight is 327 g/mol. The quantitative estimate of drug-likeness (QED) is 0.337. The maximum absolute atomic E-state index is 11.4. The highest BCUT2D eigenvalue weighted by Crippen LogP contribution is 2.44. The highest BCUT2D eigenvalue weighted by Gasteiger charge is 2.45. The molecule has 4 heteroatoms. The van der Waals surface area contributed by atoms with Crippen LogP contribution in [0.1, 0.15) is 61.3 Å². The van der Waals surface area contributed by atoms with Crippen molar-refractivity contribution in [3.63, 3.8) is 0 Å². The number of hydrogen-bond donors (Lipinski definition) is 0. The first-order chi connectivity index (χ1) is 10.3. The molecule has 22 heavy (non-hydrogen) atoms. The summed E-state index contributed by atoms with van der Waals surface area (Å²) in [5.74, 6) is 0.332. The molecular weight excluding hydrogens is 292 g/mol. The maximum atomic E-state index is 11.4. The third kappa shape index (κ3) is 4.69. The fraction of sp³-hybridized carbons (Fsp3) is 0.833. The molecule has 128 valence electrons. The van der Waals surface area contributed by atoms with Gasteiger partial charge in [-0.15, -0.1) is 0 Å². The monoisotopic (exact) mass is 326 g/mol. The number of rotatable bonds is 9. The largest absolute Gasteiger partial charge is 0.463 e. The van der Waals surface area contributed by atoms with E-state index >= 15 is 0 Å². The SMILES string of the molecule is CCOC(=O)/C=C1\CC1CCO[Si](C(C)C)(C(C)C)C(C)C. The summed E-state index contributed by atoms with van der Waals surface area (Å²) in [6, 6.07) is 0. The summed E-state index contributed by atoms with van der Waals surface area (Å²) >= 11 is 0. The Hall–Kier alpha value is -0.613. The molecule has 1 rings (SSSR count). The van der Waals surface area contributed by atoms with Crippen molar-refractivity contribution >= 4 is 14.3 Å². The lowest BCUT2D eigenvalue weighted by atomic mass is 10.3. The van der Waals surface area contributed by atoms with Crippen LogP contribution in [0.4, 0.5) is 0 Å². The van der Waals surface area contributed by atoms with Crippen molar-refractivity contribution < 1.29 is 14.0 Å². The number of allylic oxidation sites excluding steroid dienone is 1. The number of hydrogen-bond acceptors (Lipinski definition) is 3. The second kappa shape index (κ2) is 8.30. The van der Waals surface area contributed by atoms with E-state index in [9.17, 15) is 4.79 Å². The van der Waals surface area contributed by atoms with Crippen LogP contribution < -0.4 is 0 Å². The second-order valence-corrected chi connectivity index (χ2v) is 12.8. The molecule has 0 spiro atoms. The predicted octanol–water partition coefficient (Wildman–Crippen LogP) is 5.08. The molecule has 0 aromatic carbocycles. The van der Waals surface area contributed by atoms with Crippen LogP contribution in [0, 0.1) is 5.92 Å². The molecule has 0 aliphatic heterocycles. The van der Waals surface area contributed by atoms with Gasteiger partial charge in [0.2, 0.25) is 0 Å². The predicted molar refractivity (Wildman–Crippen MR) is 94.4 cm³/mol. The Morgan fingerprint density at radius 1 is 1.18 bits per heavy atom. The Balaban J connectivity index is 2.51. The Bertz CT molecular complexity index is 377. The molecule has 0 aromatic heterocycles. The molecule has 1 fully saturated rings. The van der Waals surface area contributed by atoms with E-state index in [2.05, 4.69) is 41.5 Å². The van der Waals surface area contributed by atoms with Gasteiger partial charge in [0.1, 0.15) is 0 Å². The van der Waals surface area contributed by atoms with E-state index in [0.717, 1.165) is 19.4 Å². The van der Waals surface area contributed by atoms with Gasteiger partial charge in [0, 0.05) is 12.7 Å². The molecule has 1 unspecified atom stereocenters. The standard InChI is InChI=1S/C18H34O3Si/c1-8-20-18(19)12-17-11-16(17)9-10-21-22(13(2)3,14(4)5)15(6)7/h12-16H,8-11H2,1-7H3/b17-12+. The summed E-state index contributed by atoms with van der Waals surface area (Å²) in [6.45, 7) is 17.0. The van der Waals surface area contributed by atoms with Gasteiger partial charge in [-0.2, -0.15) is 0 Å². The van der Waals surface area contributed by atoms with Crippen LogP contribution >= 0.6 is 0 Å². The molecule has 0 aromatic rings. The summed E-state index contributed by atoms with van der Waals surface area (Å²) in [5, 5.41) is 0. The van der Waals surface area contributed by atoms with Gasteiger partial charge in [-0.1, -0.05) is 47.1 Å². The smallest absolute Gasteiger partial charge is 0.330 e. The van der Waals surface area contributed by atoms with Gasteiger partial charge in [-0.05, 0) is 42.3 Å². The van der Waals surface area contributed by atoms with Crippen molar-refractivity contribution in [1.29, 1.82) is 0 Å².